The highest BCUT2D eigenvalue weighted by Gasteiger charge is 2.25. The predicted molar refractivity (Wildman–Crippen MR) is 72.7 cm³/mol. The molecule has 1 atom stereocenters. The number of halogens is 1. The molecule has 1 aliphatic heterocycles. The van der Waals surface area contributed by atoms with E-state index in [1.165, 1.54) is 12.1 Å². The molecule has 2 aromatic rings. The predicted octanol–water partition coefficient (Wildman–Crippen LogP) is 1.37. The van der Waals surface area contributed by atoms with Crippen LogP contribution in [0.5, 0.6) is 0 Å². The zero-order valence-corrected chi connectivity index (χ0v) is 11.0. The normalized spacial score (nSPS) is 19.6. The Labute approximate surface area is 110 Å². The summed E-state index contributed by atoms with van der Waals surface area (Å²) < 4.78 is 13.3. The molecule has 0 amide bonds. The highest BCUT2D eigenvalue weighted by atomic mass is 19.1. The van der Waals surface area contributed by atoms with Crippen LogP contribution in [-0.4, -0.2) is 30.5 Å². The molecule has 0 spiro atoms. The number of rotatable bonds is 1. The molecule has 1 aromatic carbocycles. The molecule has 5 heteroatoms. The Hall–Kier alpha value is -1.72. The van der Waals surface area contributed by atoms with Crippen LogP contribution < -0.4 is 10.9 Å². The van der Waals surface area contributed by atoms with Gasteiger partial charge in [0.15, 0.2) is 0 Å². The van der Waals surface area contributed by atoms with Crippen molar-refractivity contribution < 1.29 is 4.39 Å². The zero-order valence-electron chi connectivity index (χ0n) is 11.0. The van der Waals surface area contributed by atoms with Crippen molar-refractivity contribution in [1.29, 1.82) is 0 Å². The second-order valence-electron chi connectivity index (χ2n) is 5.07. The van der Waals surface area contributed by atoms with Gasteiger partial charge in [-0.2, -0.15) is 0 Å². The van der Waals surface area contributed by atoms with Crippen LogP contribution in [-0.2, 0) is 6.54 Å². The van der Waals surface area contributed by atoms with Crippen LogP contribution in [0.4, 0.5) is 4.39 Å². The lowest BCUT2D eigenvalue weighted by Crippen LogP contribution is -2.38. The molecule has 2 N–H and O–H groups in total. The molecule has 0 unspecified atom stereocenters. The number of aromatic amines is 1. The number of likely N-dealkylation sites (N-methyl/N-ethyl adjacent to an activating group) is 2. The number of nitrogens with zero attached hydrogens (tertiary/aromatic N) is 1. The molecule has 0 saturated carbocycles. The van der Waals surface area contributed by atoms with Gasteiger partial charge in [-0.25, -0.2) is 4.39 Å². The summed E-state index contributed by atoms with van der Waals surface area (Å²) in [4.78, 5) is 17.1. The summed E-state index contributed by atoms with van der Waals surface area (Å²) >= 11 is 0. The minimum Gasteiger partial charge on any atom is -0.324 e. The lowest BCUT2D eigenvalue weighted by Gasteiger charge is -2.32. The van der Waals surface area contributed by atoms with E-state index in [0.29, 0.717) is 11.9 Å². The summed E-state index contributed by atoms with van der Waals surface area (Å²) in [5.74, 6) is -0.383. The largest absolute Gasteiger partial charge is 0.324 e. The zero-order chi connectivity index (χ0) is 13.6. The minimum absolute atomic E-state index is 0.138. The number of hydrogen-bond acceptors (Lipinski definition) is 3. The molecule has 0 fully saturated rings. The van der Waals surface area contributed by atoms with E-state index in [-0.39, 0.29) is 17.4 Å². The van der Waals surface area contributed by atoms with Crippen molar-refractivity contribution in [3.63, 3.8) is 0 Å². The molecule has 0 radical (unpaired) electrons. The van der Waals surface area contributed by atoms with Gasteiger partial charge in [-0.15, -0.1) is 0 Å². The maximum absolute atomic E-state index is 13.3. The van der Waals surface area contributed by atoms with Crippen molar-refractivity contribution in [2.24, 2.45) is 0 Å². The van der Waals surface area contributed by atoms with Crippen LogP contribution in [0.25, 0.3) is 10.8 Å². The number of nitrogens with one attached hydrogen (secondary N) is 2. The molecule has 1 aromatic heterocycles. The molecular weight excluding hydrogens is 245 g/mol. The van der Waals surface area contributed by atoms with Crippen molar-refractivity contribution >= 4 is 10.8 Å². The molecule has 1 aliphatic rings. The first-order chi connectivity index (χ1) is 9.10. The summed E-state index contributed by atoms with van der Waals surface area (Å²) in [5.41, 5.74) is 1.77. The van der Waals surface area contributed by atoms with Crippen LogP contribution in [0, 0.1) is 5.82 Å². The van der Waals surface area contributed by atoms with E-state index >= 15 is 0 Å². The lowest BCUT2D eigenvalue weighted by molar-refractivity contribution is 0.263. The Kier molecular flexibility index (Phi) is 2.88. The standard InChI is InChI=1S/C14H16FN3O/c1-16-11-6-18(2)7-12-13(11)9-4-3-8(15)5-10(9)14(19)17-12/h3-5,11,16H,6-7H2,1-2H3,(H,17,19)/t11-/m0/s1. The third-order valence-corrected chi connectivity index (χ3v) is 3.73. The lowest BCUT2D eigenvalue weighted by atomic mass is 9.94. The van der Waals surface area contributed by atoms with Gasteiger partial charge < -0.3 is 10.3 Å². The van der Waals surface area contributed by atoms with Gasteiger partial charge in [0.25, 0.3) is 5.56 Å². The van der Waals surface area contributed by atoms with Gasteiger partial charge in [0, 0.05) is 24.8 Å². The monoisotopic (exact) mass is 261 g/mol. The van der Waals surface area contributed by atoms with Gasteiger partial charge in [0.1, 0.15) is 5.82 Å². The first-order valence-electron chi connectivity index (χ1n) is 6.30. The molecule has 0 aliphatic carbocycles. The van der Waals surface area contributed by atoms with Crippen LogP contribution >= 0.6 is 0 Å². The Morgan fingerprint density at radius 2 is 2.21 bits per heavy atom. The second-order valence-corrected chi connectivity index (χ2v) is 5.07. The maximum Gasteiger partial charge on any atom is 0.256 e. The molecule has 19 heavy (non-hydrogen) atoms. The number of hydrogen-bond donors (Lipinski definition) is 2. The highest BCUT2D eigenvalue weighted by molar-refractivity contribution is 5.86. The van der Waals surface area contributed by atoms with Gasteiger partial charge >= 0.3 is 0 Å². The van der Waals surface area contributed by atoms with E-state index in [9.17, 15) is 9.18 Å². The van der Waals surface area contributed by atoms with Gasteiger partial charge in [-0.3, -0.25) is 9.69 Å². The third kappa shape index (κ3) is 1.95. The van der Waals surface area contributed by atoms with E-state index in [1.54, 1.807) is 6.07 Å². The number of H-pyrrole nitrogens is 1. The summed E-state index contributed by atoms with van der Waals surface area (Å²) in [6.07, 6.45) is 0. The van der Waals surface area contributed by atoms with E-state index in [2.05, 4.69) is 15.2 Å². The van der Waals surface area contributed by atoms with Crippen molar-refractivity contribution in [2.45, 2.75) is 12.6 Å². The molecule has 2 heterocycles. The quantitative estimate of drug-likeness (QED) is 0.815. The Bertz CT molecular complexity index is 695. The summed E-state index contributed by atoms with van der Waals surface area (Å²) in [6, 6.07) is 4.56. The second kappa shape index (κ2) is 4.43. The van der Waals surface area contributed by atoms with Gasteiger partial charge in [0.05, 0.1) is 5.39 Å². The number of aromatic nitrogens is 1. The minimum atomic E-state index is -0.383. The van der Waals surface area contributed by atoms with Gasteiger partial charge in [-0.05, 0) is 37.2 Å². The van der Waals surface area contributed by atoms with E-state index in [4.69, 9.17) is 0 Å². The smallest absolute Gasteiger partial charge is 0.256 e. The average molecular weight is 261 g/mol. The fourth-order valence-electron chi connectivity index (χ4n) is 2.87. The van der Waals surface area contributed by atoms with Crippen molar-refractivity contribution in [3.8, 4) is 0 Å². The molecule has 0 bridgehead atoms. The van der Waals surface area contributed by atoms with Crippen LogP contribution in [0.2, 0.25) is 0 Å². The van der Waals surface area contributed by atoms with Crippen LogP contribution in [0.1, 0.15) is 17.3 Å². The van der Waals surface area contributed by atoms with Crippen molar-refractivity contribution in [3.05, 3.63) is 45.6 Å². The summed E-state index contributed by atoms with van der Waals surface area (Å²) in [6.45, 7) is 1.57. The van der Waals surface area contributed by atoms with Crippen molar-refractivity contribution in [1.82, 2.24) is 15.2 Å². The molecule has 4 nitrogen and oxygen atoms in total. The average Bonchev–Trinajstić information content (AvgIpc) is 2.38. The first kappa shape index (κ1) is 12.3. The molecule has 3 rings (SSSR count). The Morgan fingerprint density at radius 1 is 1.42 bits per heavy atom. The Balaban J connectivity index is 2.35. The highest BCUT2D eigenvalue weighted by Crippen LogP contribution is 2.29. The van der Waals surface area contributed by atoms with E-state index in [0.717, 1.165) is 23.2 Å². The molecule has 100 valence electrons. The van der Waals surface area contributed by atoms with Gasteiger partial charge in [-0.1, -0.05) is 6.07 Å². The molecule has 0 saturated heterocycles. The van der Waals surface area contributed by atoms with E-state index in [1.807, 2.05) is 14.1 Å². The number of fused-ring (bicyclic) bond motifs is 3. The van der Waals surface area contributed by atoms with Crippen LogP contribution in [0.3, 0.4) is 0 Å². The third-order valence-electron chi connectivity index (χ3n) is 3.73. The fourth-order valence-corrected chi connectivity index (χ4v) is 2.87. The van der Waals surface area contributed by atoms with Crippen LogP contribution in [0.15, 0.2) is 23.0 Å². The summed E-state index contributed by atoms with van der Waals surface area (Å²) in [7, 11) is 3.91. The SMILES string of the molecule is CN[C@H]1CN(C)Cc2[nH]c(=O)c3cc(F)ccc3c21. The van der Waals surface area contributed by atoms with Gasteiger partial charge in [0.2, 0.25) is 0 Å². The topological polar surface area (TPSA) is 48.1 Å². The number of pyridine rings is 1. The first-order valence-corrected chi connectivity index (χ1v) is 6.30. The number of benzene rings is 1. The fraction of sp³-hybridized carbons (Fsp3) is 0.357. The summed E-state index contributed by atoms with van der Waals surface area (Å²) in [5, 5.41) is 4.52. The van der Waals surface area contributed by atoms with E-state index < -0.39 is 0 Å². The van der Waals surface area contributed by atoms with Crippen molar-refractivity contribution in [2.75, 3.05) is 20.6 Å². The maximum atomic E-state index is 13.3. The Morgan fingerprint density at radius 3 is 2.95 bits per heavy atom. The molecular formula is C14H16FN3O.